The van der Waals surface area contributed by atoms with Gasteiger partial charge in [0, 0.05) is 6.61 Å². The Morgan fingerprint density at radius 1 is 1.38 bits per heavy atom. The largest absolute Gasteiger partial charge is 0.376 e. The fraction of sp³-hybridized carbons (Fsp3) is 0.538. The molecule has 0 amide bonds. The topological polar surface area (TPSA) is 35.2 Å². The van der Waals surface area contributed by atoms with Gasteiger partial charge in [0.15, 0.2) is 0 Å². The van der Waals surface area contributed by atoms with E-state index in [1.54, 1.807) is 6.07 Å². The molecule has 16 heavy (non-hydrogen) atoms. The summed E-state index contributed by atoms with van der Waals surface area (Å²) in [4.78, 5) is 0. The summed E-state index contributed by atoms with van der Waals surface area (Å²) in [5, 5.41) is 0. The van der Waals surface area contributed by atoms with Crippen molar-refractivity contribution < 1.29 is 9.13 Å². The van der Waals surface area contributed by atoms with E-state index in [0.29, 0.717) is 12.5 Å². The normalized spacial score (nSPS) is 15.1. The fourth-order valence-corrected chi connectivity index (χ4v) is 1.81. The van der Waals surface area contributed by atoms with E-state index in [1.807, 2.05) is 13.0 Å². The van der Waals surface area contributed by atoms with Crippen molar-refractivity contribution in [1.82, 2.24) is 0 Å². The zero-order valence-corrected chi connectivity index (χ0v) is 10.1. The lowest BCUT2D eigenvalue weighted by Crippen LogP contribution is -2.33. The van der Waals surface area contributed by atoms with Gasteiger partial charge in [0.1, 0.15) is 5.82 Å². The zero-order chi connectivity index (χ0) is 12.1. The summed E-state index contributed by atoms with van der Waals surface area (Å²) in [6, 6.07) is 6.12. The number of ether oxygens (including phenoxy) is 1. The molecule has 2 atom stereocenters. The third-order valence-corrected chi connectivity index (χ3v) is 2.60. The van der Waals surface area contributed by atoms with Gasteiger partial charge in [-0.2, -0.15) is 0 Å². The minimum atomic E-state index is -0.282. The van der Waals surface area contributed by atoms with Gasteiger partial charge in [0.05, 0.1) is 12.1 Å². The van der Waals surface area contributed by atoms with E-state index in [0.717, 1.165) is 5.56 Å². The number of nitrogens with two attached hydrogens (primary N) is 1. The molecule has 1 aromatic carbocycles. The minimum Gasteiger partial charge on any atom is -0.376 e. The molecule has 1 aromatic rings. The molecule has 2 nitrogen and oxygen atoms in total. The van der Waals surface area contributed by atoms with E-state index in [1.165, 1.54) is 12.1 Å². The molecule has 0 saturated heterocycles. The maximum absolute atomic E-state index is 13.1. The summed E-state index contributed by atoms with van der Waals surface area (Å²) in [5.41, 5.74) is 6.89. The Morgan fingerprint density at radius 3 is 2.56 bits per heavy atom. The fourth-order valence-electron chi connectivity index (χ4n) is 1.81. The summed E-state index contributed by atoms with van der Waals surface area (Å²) in [7, 11) is 0. The van der Waals surface area contributed by atoms with Crippen LogP contribution in [0.25, 0.3) is 0 Å². The molecule has 0 spiro atoms. The van der Waals surface area contributed by atoms with Crippen LogP contribution in [0, 0.1) is 11.7 Å². The van der Waals surface area contributed by atoms with E-state index in [4.69, 9.17) is 10.5 Å². The monoisotopic (exact) mass is 225 g/mol. The van der Waals surface area contributed by atoms with Crippen molar-refractivity contribution >= 4 is 0 Å². The molecule has 0 saturated carbocycles. The van der Waals surface area contributed by atoms with Crippen LogP contribution >= 0.6 is 0 Å². The molecule has 1 rings (SSSR count). The van der Waals surface area contributed by atoms with Crippen molar-refractivity contribution in [1.29, 1.82) is 0 Å². The molecular formula is C13H20FNO. The molecular weight excluding hydrogens is 205 g/mol. The Morgan fingerprint density at radius 2 is 2.06 bits per heavy atom. The Labute approximate surface area is 96.6 Å². The van der Waals surface area contributed by atoms with E-state index in [9.17, 15) is 4.39 Å². The van der Waals surface area contributed by atoms with Crippen molar-refractivity contribution in [2.24, 2.45) is 11.7 Å². The van der Waals surface area contributed by atoms with Crippen LogP contribution in [0.4, 0.5) is 4.39 Å². The molecule has 90 valence electrons. The van der Waals surface area contributed by atoms with Gasteiger partial charge in [-0.3, -0.25) is 0 Å². The average molecular weight is 225 g/mol. The highest BCUT2D eigenvalue weighted by Crippen LogP contribution is 2.23. The molecule has 0 aliphatic heterocycles. The van der Waals surface area contributed by atoms with Crippen LogP contribution in [-0.4, -0.2) is 12.7 Å². The first-order valence-electron chi connectivity index (χ1n) is 5.69. The van der Waals surface area contributed by atoms with Crippen LogP contribution in [0.1, 0.15) is 32.4 Å². The Hall–Kier alpha value is -0.930. The van der Waals surface area contributed by atoms with E-state index in [2.05, 4.69) is 13.8 Å². The first-order valence-corrected chi connectivity index (χ1v) is 5.69. The maximum atomic E-state index is 13.1. The van der Waals surface area contributed by atoms with Gasteiger partial charge in [-0.1, -0.05) is 26.0 Å². The van der Waals surface area contributed by atoms with Gasteiger partial charge in [0.25, 0.3) is 0 Å². The van der Waals surface area contributed by atoms with E-state index >= 15 is 0 Å². The lowest BCUT2D eigenvalue weighted by atomic mass is 9.94. The van der Waals surface area contributed by atoms with Crippen LogP contribution in [0.15, 0.2) is 24.3 Å². The van der Waals surface area contributed by atoms with E-state index in [-0.39, 0.29) is 18.0 Å². The lowest BCUT2D eigenvalue weighted by Gasteiger charge is -2.27. The number of hydrogen-bond acceptors (Lipinski definition) is 2. The molecule has 0 bridgehead atoms. The van der Waals surface area contributed by atoms with Gasteiger partial charge >= 0.3 is 0 Å². The highest BCUT2D eigenvalue weighted by atomic mass is 19.1. The van der Waals surface area contributed by atoms with Crippen molar-refractivity contribution in [3.05, 3.63) is 35.6 Å². The van der Waals surface area contributed by atoms with Crippen LogP contribution in [-0.2, 0) is 4.74 Å². The second-order valence-electron chi connectivity index (χ2n) is 4.24. The molecule has 0 aliphatic rings. The molecule has 0 aliphatic carbocycles. The molecule has 0 fully saturated rings. The van der Waals surface area contributed by atoms with Gasteiger partial charge in [-0.05, 0) is 30.5 Å². The smallest absolute Gasteiger partial charge is 0.123 e. The molecule has 2 N–H and O–H groups in total. The molecule has 0 radical (unpaired) electrons. The second kappa shape index (κ2) is 5.97. The van der Waals surface area contributed by atoms with Crippen LogP contribution in [0.5, 0.6) is 0 Å². The van der Waals surface area contributed by atoms with Crippen LogP contribution in [0.2, 0.25) is 0 Å². The Bertz CT molecular complexity index is 327. The van der Waals surface area contributed by atoms with Gasteiger partial charge in [-0.15, -0.1) is 0 Å². The molecule has 0 heterocycles. The first-order chi connectivity index (χ1) is 7.56. The third-order valence-electron chi connectivity index (χ3n) is 2.60. The average Bonchev–Trinajstić information content (AvgIpc) is 2.24. The van der Waals surface area contributed by atoms with Crippen molar-refractivity contribution in [3.8, 4) is 0 Å². The van der Waals surface area contributed by atoms with E-state index < -0.39 is 0 Å². The highest BCUT2D eigenvalue weighted by molar-refractivity contribution is 5.21. The van der Waals surface area contributed by atoms with Crippen LogP contribution in [0.3, 0.4) is 0 Å². The number of benzene rings is 1. The molecule has 0 aromatic heterocycles. The summed E-state index contributed by atoms with van der Waals surface area (Å²) < 4.78 is 18.7. The minimum absolute atomic E-state index is 0.0770. The highest BCUT2D eigenvalue weighted by Gasteiger charge is 2.23. The van der Waals surface area contributed by atoms with Gasteiger partial charge < -0.3 is 10.5 Å². The number of hydrogen-bond donors (Lipinski definition) is 1. The van der Waals surface area contributed by atoms with Crippen molar-refractivity contribution in [2.75, 3.05) is 6.61 Å². The first kappa shape index (κ1) is 13.1. The van der Waals surface area contributed by atoms with Gasteiger partial charge in [0.2, 0.25) is 0 Å². The van der Waals surface area contributed by atoms with Crippen molar-refractivity contribution in [3.63, 3.8) is 0 Å². The standard InChI is InChI=1S/C13H20FNO/c1-4-16-13(9(2)3)12(15)10-6-5-7-11(14)8-10/h5-9,12-13H,4,15H2,1-3H3. The summed E-state index contributed by atoms with van der Waals surface area (Å²) in [5.74, 6) is 0.0465. The number of halogens is 1. The van der Waals surface area contributed by atoms with Crippen molar-refractivity contribution in [2.45, 2.75) is 32.9 Å². The number of rotatable bonds is 5. The second-order valence-corrected chi connectivity index (χ2v) is 4.24. The third kappa shape index (κ3) is 3.29. The summed E-state index contributed by atoms with van der Waals surface area (Å²) >= 11 is 0. The molecule has 2 unspecified atom stereocenters. The summed E-state index contributed by atoms with van der Waals surface area (Å²) in [6.07, 6.45) is -0.0770. The van der Waals surface area contributed by atoms with Gasteiger partial charge in [-0.25, -0.2) is 4.39 Å². The van der Waals surface area contributed by atoms with Crippen LogP contribution < -0.4 is 5.73 Å². The molecule has 3 heteroatoms. The predicted octanol–water partition coefficient (Wildman–Crippen LogP) is 2.89. The Kier molecular flexibility index (Phi) is 4.90. The maximum Gasteiger partial charge on any atom is 0.123 e. The Balaban J connectivity index is 2.85. The predicted molar refractivity (Wildman–Crippen MR) is 63.6 cm³/mol. The lowest BCUT2D eigenvalue weighted by molar-refractivity contribution is 0.0121. The summed E-state index contributed by atoms with van der Waals surface area (Å²) in [6.45, 7) is 6.67. The SMILES string of the molecule is CCOC(C(C)C)C(N)c1cccc(F)c1. The quantitative estimate of drug-likeness (QED) is 0.836. The zero-order valence-electron chi connectivity index (χ0n) is 10.1.